The maximum Gasteiger partial charge on any atom is 0.254 e. The van der Waals surface area contributed by atoms with E-state index in [0.717, 1.165) is 12.0 Å². The van der Waals surface area contributed by atoms with Gasteiger partial charge in [-0.3, -0.25) is 9.59 Å². The average Bonchev–Trinajstić information content (AvgIpc) is 3.39. The number of benzene rings is 2. The minimum absolute atomic E-state index is 0.0592. The summed E-state index contributed by atoms with van der Waals surface area (Å²) in [4.78, 5) is 31.6. The fraction of sp³-hybridized carbons (Fsp3) is 0.333. The molecule has 0 saturated carbocycles. The van der Waals surface area contributed by atoms with Crippen LogP contribution in [0.15, 0.2) is 60.0 Å². The Kier molecular flexibility index (Phi) is 8.85. The van der Waals surface area contributed by atoms with Crippen LogP contribution in [0.3, 0.4) is 0 Å². The highest BCUT2D eigenvalue weighted by Crippen LogP contribution is 2.34. The summed E-state index contributed by atoms with van der Waals surface area (Å²) in [6, 6.07) is 15.9. The van der Waals surface area contributed by atoms with Gasteiger partial charge in [-0.2, -0.15) is 0 Å². The van der Waals surface area contributed by atoms with Gasteiger partial charge >= 0.3 is 0 Å². The second-order valence-electron chi connectivity index (χ2n) is 8.37. The number of halogens is 1. The molecule has 0 bridgehead atoms. The Labute approximate surface area is 220 Å². The van der Waals surface area contributed by atoms with Crippen LogP contribution >= 0.6 is 22.9 Å². The molecule has 190 valence electrons. The molecule has 1 aromatic heterocycles. The Morgan fingerprint density at radius 2 is 1.92 bits per heavy atom. The van der Waals surface area contributed by atoms with Crippen molar-refractivity contribution in [3.8, 4) is 11.5 Å². The second kappa shape index (κ2) is 12.3. The maximum absolute atomic E-state index is 13.6. The molecule has 0 aliphatic carbocycles. The summed E-state index contributed by atoms with van der Waals surface area (Å²) in [5.41, 5.74) is 1.55. The number of carbonyl (C=O) groups excluding carboxylic acids is 2. The Morgan fingerprint density at radius 1 is 1.11 bits per heavy atom. The molecule has 36 heavy (non-hydrogen) atoms. The number of hydrogen-bond donors (Lipinski definition) is 0. The quantitative estimate of drug-likeness (QED) is 0.381. The zero-order valence-corrected chi connectivity index (χ0v) is 21.9. The zero-order chi connectivity index (χ0) is 25.5. The lowest BCUT2D eigenvalue weighted by atomic mass is 10.0. The Bertz CT molecular complexity index is 1180. The Hall–Kier alpha value is -3.07. The highest BCUT2D eigenvalue weighted by Gasteiger charge is 2.33. The molecule has 0 N–H and O–H groups in total. The molecule has 4 rings (SSSR count). The van der Waals surface area contributed by atoms with Crippen molar-refractivity contribution in [2.75, 3.05) is 47.1 Å². The summed E-state index contributed by atoms with van der Waals surface area (Å²) in [7, 11) is 3.12. The molecule has 3 aromatic rings. The monoisotopic (exact) mass is 528 g/mol. The van der Waals surface area contributed by atoms with Crippen molar-refractivity contribution < 1.29 is 23.8 Å². The standard InChI is InChI=1S/C27H29ClN2O5S/c1-33-14-13-29(27(32)19-4-3-5-22(16-19)34-2)17-26(31)30-12-10-25-23(11-15-36-25)24(30)18-35-21-8-6-20(28)7-9-21/h3-9,11,15-16,24H,10,12-14,17-18H2,1-2H3/t24-/m0/s1. The predicted octanol–water partition coefficient (Wildman–Crippen LogP) is 4.70. The number of rotatable bonds is 10. The van der Waals surface area contributed by atoms with Crippen molar-refractivity contribution in [2.24, 2.45) is 0 Å². The van der Waals surface area contributed by atoms with Gasteiger partial charge in [0.1, 0.15) is 24.7 Å². The predicted molar refractivity (Wildman–Crippen MR) is 140 cm³/mol. The molecule has 0 radical (unpaired) electrons. The summed E-state index contributed by atoms with van der Waals surface area (Å²) in [6.07, 6.45) is 0.776. The van der Waals surface area contributed by atoms with E-state index >= 15 is 0 Å². The second-order valence-corrected chi connectivity index (χ2v) is 9.81. The highest BCUT2D eigenvalue weighted by atomic mass is 35.5. The first kappa shape index (κ1) is 26.0. The molecule has 2 amide bonds. The molecule has 0 unspecified atom stereocenters. The van der Waals surface area contributed by atoms with Crippen LogP contribution in [0.25, 0.3) is 0 Å². The van der Waals surface area contributed by atoms with Gasteiger partial charge in [0.2, 0.25) is 5.91 Å². The molecule has 2 heterocycles. The van der Waals surface area contributed by atoms with Crippen LogP contribution in [0.1, 0.15) is 26.8 Å². The number of hydrogen-bond acceptors (Lipinski definition) is 6. The minimum atomic E-state index is -0.251. The van der Waals surface area contributed by atoms with Crippen LogP contribution in [-0.2, 0) is 16.0 Å². The van der Waals surface area contributed by atoms with Crippen LogP contribution in [0.5, 0.6) is 11.5 Å². The van der Waals surface area contributed by atoms with E-state index in [1.54, 1.807) is 62.0 Å². The SMILES string of the molecule is COCCN(CC(=O)N1CCc2sccc2[C@@H]1COc1ccc(Cl)cc1)C(=O)c1cccc(OC)c1. The van der Waals surface area contributed by atoms with E-state index in [0.29, 0.717) is 48.4 Å². The van der Waals surface area contributed by atoms with Crippen molar-refractivity contribution in [1.82, 2.24) is 9.80 Å². The molecule has 0 fully saturated rings. The Morgan fingerprint density at radius 3 is 2.67 bits per heavy atom. The van der Waals surface area contributed by atoms with Crippen molar-refractivity contribution in [3.05, 3.63) is 81.0 Å². The van der Waals surface area contributed by atoms with Crippen LogP contribution in [0, 0.1) is 0 Å². The summed E-state index contributed by atoms with van der Waals surface area (Å²) in [6.45, 7) is 1.42. The third-order valence-electron chi connectivity index (χ3n) is 6.13. The number of amides is 2. The van der Waals surface area contributed by atoms with Gasteiger partial charge in [-0.1, -0.05) is 17.7 Å². The van der Waals surface area contributed by atoms with E-state index in [4.69, 9.17) is 25.8 Å². The number of ether oxygens (including phenoxy) is 3. The normalized spacial score (nSPS) is 14.8. The first-order chi connectivity index (χ1) is 17.5. The van der Waals surface area contributed by atoms with Gasteiger partial charge in [0.15, 0.2) is 0 Å². The fourth-order valence-corrected chi connectivity index (χ4v) is 5.28. The minimum Gasteiger partial charge on any atom is -0.497 e. The molecule has 1 atom stereocenters. The number of carbonyl (C=O) groups is 2. The van der Waals surface area contributed by atoms with Gasteiger partial charge in [0.25, 0.3) is 5.91 Å². The average molecular weight is 529 g/mol. The molecule has 1 aliphatic heterocycles. The molecule has 1 aliphatic rings. The van der Waals surface area contributed by atoms with E-state index in [2.05, 4.69) is 6.07 Å². The van der Waals surface area contributed by atoms with Crippen LogP contribution in [0.4, 0.5) is 0 Å². The van der Waals surface area contributed by atoms with Crippen LogP contribution in [-0.4, -0.2) is 68.7 Å². The van der Waals surface area contributed by atoms with E-state index in [-0.39, 0.29) is 24.4 Å². The van der Waals surface area contributed by atoms with E-state index in [1.807, 2.05) is 22.4 Å². The molecule has 0 saturated heterocycles. The van der Waals surface area contributed by atoms with Gasteiger partial charge in [-0.05, 0) is 65.9 Å². The number of methoxy groups -OCH3 is 2. The molecule has 0 spiro atoms. The summed E-state index contributed by atoms with van der Waals surface area (Å²) in [5.74, 6) is 0.883. The Balaban J connectivity index is 1.52. The topological polar surface area (TPSA) is 68.3 Å². The lowest BCUT2D eigenvalue weighted by Gasteiger charge is -2.37. The molecule has 2 aromatic carbocycles. The van der Waals surface area contributed by atoms with Gasteiger partial charge < -0.3 is 24.0 Å². The van der Waals surface area contributed by atoms with Crippen molar-refractivity contribution in [3.63, 3.8) is 0 Å². The molecular formula is C27H29ClN2O5S. The smallest absolute Gasteiger partial charge is 0.254 e. The summed E-state index contributed by atoms with van der Waals surface area (Å²) < 4.78 is 16.5. The number of thiophene rings is 1. The van der Waals surface area contributed by atoms with E-state index in [1.165, 1.54) is 9.78 Å². The van der Waals surface area contributed by atoms with E-state index in [9.17, 15) is 9.59 Å². The van der Waals surface area contributed by atoms with Crippen molar-refractivity contribution in [2.45, 2.75) is 12.5 Å². The largest absolute Gasteiger partial charge is 0.497 e. The fourth-order valence-electron chi connectivity index (χ4n) is 4.23. The third kappa shape index (κ3) is 6.19. The van der Waals surface area contributed by atoms with Gasteiger partial charge in [0, 0.05) is 35.7 Å². The number of fused-ring (bicyclic) bond motifs is 1. The third-order valence-corrected chi connectivity index (χ3v) is 7.38. The van der Waals surface area contributed by atoms with Gasteiger partial charge in [-0.25, -0.2) is 0 Å². The molecule has 7 nitrogen and oxygen atoms in total. The van der Waals surface area contributed by atoms with Crippen LogP contribution in [0.2, 0.25) is 5.02 Å². The van der Waals surface area contributed by atoms with Crippen LogP contribution < -0.4 is 9.47 Å². The molecule has 9 heteroatoms. The zero-order valence-electron chi connectivity index (χ0n) is 20.3. The van der Waals surface area contributed by atoms with Crippen molar-refractivity contribution >= 4 is 34.8 Å². The lowest BCUT2D eigenvalue weighted by molar-refractivity contribution is -0.135. The maximum atomic E-state index is 13.6. The first-order valence-corrected chi connectivity index (χ1v) is 12.9. The van der Waals surface area contributed by atoms with Gasteiger partial charge in [0.05, 0.1) is 19.8 Å². The lowest BCUT2D eigenvalue weighted by Crippen LogP contribution is -2.48. The first-order valence-electron chi connectivity index (χ1n) is 11.7. The van der Waals surface area contributed by atoms with E-state index < -0.39 is 0 Å². The van der Waals surface area contributed by atoms with Crippen molar-refractivity contribution in [1.29, 1.82) is 0 Å². The van der Waals surface area contributed by atoms with Gasteiger partial charge in [-0.15, -0.1) is 11.3 Å². The molecular weight excluding hydrogens is 500 g/mol. The highest BCUT2D eigenvalue weighted by molar-refractivity contribution is 7.10. The summed E-state index contributed by atoms with van der Waals surface area (Å²) >= 11 is 7.69. The summed E-state index contributed by atoms with van der Waals surface area (Å²) in [5, 5.41) is 2.68. The number of nitrogens with zero attached hydrogens (tertiary/aromatic N) is 2.